The molecule has 0 aliphatic rings. The molecule has 0 amide bonds. The molecule has 0 atom stereocenters. The Morgan fingerprint density at radius 1 is 0.611 bits per heavy atom. The van der Waals surface area contributed by atoms with Crippen molar-refractivity contribution in [2.24, 2.45) is 0 Å². The summed E-state index contributed by atoms with van der Waals surface area (Å²) in [4.78, 5) is 22.5. The van der Waals surface area contributed by atoms with Gasteiger partial charge in [-0.1, -0.05) is 127 Å². The Kier molecular flexibility index (Phi) is 7.50. The highest BCUT2D eigenvalue weighted by molar-refractivity contribution is 9.34. The maximum Gasteiger partial charge on any atom is 0.333 e. The van der Waals surface area contributed by atoms with Gasteiger partial charge in [0.05, 0.1) is 0 Å². The summed E-state index contributed by atoms with van der Waals surface area (Å²) in [6.07, 6.45) is 0. The normalized spacial score (nSPS) is 14.4. The van der Waals surface area contributed by atoms with Crippen molar-refractivity contribution in [2.45, 2.75) is 12.9 Å². The quantitative estimate of drug-likeness (QED) is 0.382. The highest BCUT2D eigenvalue weighted by atomic mass is 79.9. The first-order chi connectivity index (χ1) is 7.64. The van der Waals surface area contributed by atoms with Gasteiger partial charge in [0, 0.05) is 0 Å². The zero-order valence-electron chi connectivity index (χ0n) is 7.73. The van der Waals surface area contributed by atoms with Gasteiger partial charge in [-0.3, -0.25) is 0 Å². The highest BCUT2D eigenvalue weighted by Gasteiger charge is 2.70. The molecule has 0 unspecified atom stereocenters. The van der Waals surface area contributed by atoms with E-state index in [0.29, 0.717) is 0 Å². The van der Waals surface area contributed by atoms with Crippen molar-refractivity contribution in [3.8, 4) is 0 Å². The Balaban J connectivity index is 5.89. The van der Waals surface area contributed by atoms with Crippen LogP contribution in [-0.4, -0.2) is 35.1 Å². The van der Waals surface area contributed by atoms with Crippen molar-refractivity contribution in [3.63, 3.8) is 0 Å². The Bertz CT molecular complexity index is 340. The van der Waals surface area contributed by atoms with Crippen LogP contribution in [0.15, 0.2) is 0 Å². The van der Waals surface area contributed by atoms with Crippen LogP contribution >= 0.6 is 127 Å². The second kappa shape index (κ2) is 6.49. The summed E-state index contributed by atoms with van der Waals surface area (Å²) >= 11 is 24.5. The predicted octanol–water partition coefficient (Wildman–Crippen LogP) is 5.10. The SMILES string of the molecule is O=C(O)C(Br)(Br)C(Br)(Br)C(Br)(Br)C(Br)(Br)C(=O)O. The standard InChI is InChI=1S/C6H2Br8O4/c7-3(8,1(15)16)5(11,12)6(13,14)4(9,10)2(17)18/h(H,15,16)(H,17,18). The van der Waals surface area contributed by atoms with Crippen LogP contribution in [0.25, 0.3) is 0 Å². The maximum absolute atomic E-state index is 11.2. The van der Waals surface area contributed by atoms with Gasteiger partial charge in [0.15, 0.2) is 0 Å². The first kappa shape index (κ1) is 20.8. The zero-order valence-corrected chi connectivity index (χ0v) is 20.4. The Labute approximate surface area is 169 Å². The number of alkyl halides is 8. The van der Waals surface area contributed by atoms with E-state index in [1.54, 1.807) is 0 Å². The minimum Gasteiger partial charge on any atom is -0.480 e. The number of halogens is 8. The summed E-state index contributed by atoms with van der Waals surface area (Å²) in [6.45, 7) is 0. The van der Waals surface area contributed by atoms with E-state index < -0.39 is 24.9 Å². The number of aliphatic carboxylic acids is 2. The molecule has 0 aromatic carbocycles. The molecular weight excluding hydrogens is 775 g/mol. The molecule has 0 bridgehead atoms. The van der Waals surface area contributed by atoms with Crippen LogP contribution in [0.2, 0.25) is 0 Å². The molecule has 0 fully saturated rings. The van der Waals surface area contributed by atoms with Crippen molar-refractivity contribution in [1.29, 1.82) is 0 Å². The zero-order chi connectivity index (χ0) is 15.2. The molecule has 0 aliphatic carbocycles. The largest absolute Gasteiger partial charge is 0.480 e. The van der Waals surface area contributed by atoms with Crippen LogP contribution in [0.4, 0.5) is 0 Å². The van der Waals surface area contributed by atoms with Gasteiger partial charge in [-0.05, 0) is 0 Å². The van der Waals surface area contributed by atoms with E-state index in [-0.39, 0.29) is 0 Å². The highest BCUT2D eigenvalue weighted by Crippen LogP contribution is 2.66. The number of rotatable bonds is 5. The van der Waals surface area contributed by atoms with Crippen molar-refractivity contribution in [2.75, 3.05) is 0 Å². The van der Waals surface area contributed by atoms with E-state index in [1.807, 2.05) is 0 Å². The Morgan fingerprint density at radius 2 is 0.778 bits per heavy atom. The lowest BCUT2D eigenvalue weighted by molar-refractivity contribution is -0.139. The average Bonchev–Trinajstić information content (AvgIpc) is 2.15. The first-order valence-corrected chi connectivity index (χ1v) is 9.96. The molecule has 0 radical (unpaired) electrons. The lowest BCUT2D eigenvalue weighted by Crippen LogP contribution is -2.60. The molecule has 18 heavy (non-hydrogen) atoms. The third kappa shape index (κ3) is 3.40. The van der Waals surface area contributed by atoms with Crippen molar-refractivity contribution < 1.29 is 19.8 Å². The summed E-state index contributed by atoms with van der Waals surface area (Å²) in [5, 5.41) is 18.3. The van der Waals surface area contributed by atoms with Crippen LogP contribution in [0.5, 0.6) is 0 Å². The summed E-state index contributed by atoms with van der Waals surface area (Å²) in [6, 6.07) is 0. The minimum absolute atomic E-state index is 1.28. The van der Waals surface area contributed by atoms with Gasteiger partial charge in [0.2, 0.25) is 6.47 Å². The van der Waals surface area contributed by atoms with E-state index >= 15 is 0 Å². The molecule has 0 aromatic rings. The molecular formula is C6H2Br8O4. The summed E-state index contributed by atoms with van der Waals surface area (Å²) in [5.41, 5.74) is 0. The molecule has 4 nitrogen and oxygen atoms in total. The van der Waals surface area contributed by atoms with Gasteiger partial charge in [-0.15, -0.1) is 0 Å². The van der Waals surface area contributed by atoms with Crippen molar-refractivity contribution >= 4 is 139 Å². The van der Waals surface area contributed by atoms with Crippen molar-refractivity contribution in [1.82, 2.24) is 0 Å². The summed E-state index contributed by atoms with van der Waals surface area (Å²) in [5.74, 6) is -2.55. The molecule has 0 saturated heterocycles. The molecule has 0 spiro atoms. The topological polar surface area (TPSA) is 74.6 Å². The second-order valence-corrected chi connectivity index (χ2v) is 16.7. The smallest absolute Gasteiger partial charge is 0.333 e. The summed E-state index contributed by atoms with van der Waals surface area (Å²) in [7, 11) is 0. The van der Waals surface area contributed by atoms with Gasteiger partial charge in [0.25, 0.3) is 0 Å². The van der Waals surface area contributed by atoms with Crippen LogP contribution in [0, 0.1) is 0 Å². The Morgan fingerprint density at radius 3 is 0.889 bits per heavy atom. The van der Waals surface area contributed by atoms with E-state index in [9.17, 15) is 19.8 Å². The van der Waals surface area contributed by atoms with E-state index in [2.05, 4.69) is 127 Å². The van der Waals surface area contributed by atoms with Gasteiger partial charge < -0.3 is 10.2 Å². The molecule has 2 N–H and O–H groups in total. The fraction of sp³-hybridized carbons (Fsp3) is 0.667. The fourth-order valence-corrected chi connectivity index (χ4v) is 5.85. The molecule has 0 aliphatic heterocycles. The van der Waals surface area contributed by atoms with E-state index in [4.69, 9.17) is 0 Å². The van der Waals surface area contributed by atoms with Crippen LogP contribution in [-0.2, 0) is 9.59 Å². The van der Waals surface area contributed by atoms with Gasteiger partial charge in [0.1, 0.15) is 6.47 Å². The molecule has 0 aromatic heterocycles. The summed E-state index contributed by atoms with van der Waals surface area (Å²) < 4.78 is -6.45. The molecule has 12 heteroatoms. The van der Waals surface area contributed by atoms with E-state index in [1.165, 1.54) is 0 Å². The number of carboxylic acids is 2. The second-order valence-electron chi connectivity index (χ2n) is 2.91. The maximum atomic E-state index is 11.2. The van der Waals surface area contributed by atoms with E-state index in [0.717, 1.165) is 0 Å². The molecule has 0 heterocycles. The van der Waals surface area contributed by atoms with Crippen molar-refractivity contribution in [3.05, 3.63) is 0 Å². The number of carboxylic acid groups (broad SMARTS) is 2. The minimum atomic E-state index is -1.72. The van der Waals surface area contributed by atoms with Crippen LogP contribution < -0.4 is 0 Å². The lowest BCUT2D eigenvalue weighted by atomic mass is 10.2. The first-order valence-electron chi connectivity index (χ1n) is 3.62. The average molecular weight is 777 g/mol. The van der Waals surface area contributed by atoms with Gasteiger partial charge in [-0.2, -0.15) is 0 Å². The monoisotopic (exact) mass is 769 g/mol. The third-order valence-corrected chi connectivity index (χ3v) is 16.6. The number of hydrogen-bond acceptors (Lipinski definition) is 2. The Hall–Kier alpha value is 2.78. The lowest BCUT2D eigenvalue weighted by Gasteiger charge is -2.45. The molecule has 0 rings (SSSR count). The third-order valence-electron chi connectivity index (χ3n) is 1.72. The predicted molar refractivity (Wildman–Crippen MR) is 97.6 cm³/mol. The van der Waals surface area contributed by atoms with Gasteiger partial charge >= 0.3 is 11.9 Å². The molecule has 106 valence electrons. The molecule has 0 saturated carbocycles. The fourth-order valence-electron chi connectivity index (χ4n) is 0.663. The number of carbonyl (C=O) groups is 2. The van der Waals surface area contributed by atoms with Gasteiger partial charge in [-0.25, -0.2) is 9.59 Å². The number of hydrogen-bond donors (Lipinski definition) is 2. The van der Waals surface area contributed by atoms with Crippen LogP contribution in [0.3, 0.4) is 0 Å². The van der Waals surface area contributed by atoms with Crippen LogP contribution in [0.1, 0.15) is 0 Å².